The lowest BCUT2D eigenvalue weighted by Gasteiger charge is -2.32. The van der Waals surface area contributed by atoms with Gasteiger partial charge in [0, 0.05) is 16.8 Å². The van der Waals surface area contributed by atoms with Gasteiger partial charge in [0.1, 0.15) is 11.4 Å². The number of nitrogen functional groups attached to an aromatic ring is 1. The van der Waals surface area contributed by atoms with Gasteiger partial charge in [-0.3, -0.25) is 19.8 Å². The van der Waals surface area contributed by atoms with Crippen molar-refractivity contribution < 1.29 is 33.8 Å². The van der Waals surface area contributed by atoms with Crippen LogP contribution in [0.4, 0.5) is 11.4 Å². The summed E-state index contributed by atoms with van der Waals surface area (Å²) < 4.78 is 11.3. The molecule has 11 heteroatoms. The Balaban J connectivity index is 2.29. The van der Waals surface area contributed by atoms with E-state index in [0.29, 0.717) is 11.3 Å². The molecule has 0 spiro atoms. The molecule has 34 heavy (non-hydrogen) atoms. The van der Waals surface area contributed by atoms with E-state index in [-0.39, 0.29) is 47.4 Å². The second kappa shape index (κ2) is 9.40. The molecule has 0 saturated carbocycles. The van der Waals surface area contributed by atoms with Gasteiger partial charge in [0.25, 0.3) is 5.78 Å². The normalized spacial score (nSPS) is 14.4. The van der Waals surface area contributed by atoms with E-state index in [1.807, 2.05) is 0 Å². The molecule has 2 aromatic carbocycles. The van der Waals surface area contributed by atoms with E-state index in [0.717, 1.165) is 5.06 Å². The second-order valence-corrected chi connectivity index (χ2v) is 7.50. The van der Waals surface area contributed by atoms with Gasteiger partial charge in [-0.05, 0) is 51.1 Å². The molecule has 3 rings (SSSR count). The van der Waals surface area contributed by atoms with Crippen LogP contribution in [0.1, 0.15) is 42.3 Å². The molecule has 5 N–H and O–H groups in total. The van der Waals surface area contributed by atoms with Gasteiger partial charge in [-0.25, -0.2) is 4.79 Å². The molecule has 0 radical (unpaired) electrons. The number of nitrogens with two attached hydrogens (primary N) is 1. The predicted molar refractivity (Wildman–Crippen MR) is 124 cm³/mol. The molecule has 11 nitrogen and oxygen atoms in total. The molecule has 0 aromatic heterocycles. The van der Waals surface area contributed by atoms with Gasteiger partial charge >= 0.3 is 11.9 Å². The summed E-state index contributed by atoms with van der Waals surface area (Å²) in [5.74, 6) is -3.14. The first-order chi connectivity index (χ1) is 16.1. The van der Waals surface area contributed by atoms with Crippen LogP contribution in [-0.4, -0.2) is 48.9 Å². The average molecular weight is 470 g/mol. The molecule has 0 saturated heterocycles. The molecule has 1 unspecified atom stereocenters. The van der Waals surface area contributed by atoms with E-state index in [1.165, 1.54) is 20.1 Å². The number of hydroxylamine groups is 1. The summed E-state index contributed by atoms with van der Waals surface area (Å²) in [5, 5.41) is 21.5. The number of carbonyl (C=O) groups excluding carboxylic acids is 2. The van der Waals surface area contributed by atoms with Crippen LogP contribution in [0.5, 0.6) is 11.5 Å². The Kier molecular flexibility index (Phi) is 6.78. The van der Waals surface area contributed by atoms with Crippen LogP contribution in [0.3, 0.4) is 0 Å². The number of nitrogens with one attached hydrogen (secondary N) is 2. The number of aliphatic carboxylic acids is 1. The first-order valence-corrected chi connectivity index (χ1v) is 10.5. The van der Waals surface area contributed by atoms with Gasteiger partial charge in [-0.1, -0.05) is 0 Å². The number of ketones is 1. The maximum absolute atomic E-state index is 12.9. The number of carboxylic acids is 1. The predicted octanol–water partition coefficient (Wildman–Crippen LogP) is 2.27. The van der Waals surface area contributed by atoms with Crippen molar-refractivity contribution in [3.8, 4) is 11.5 Å². The van der Waals surface area contributed by atoms with Gasteiger partial charge < -0.3 is 25.6 Å². The minimum Gasteiger partial charge on any atom is -0.490 e. The van der Waals surface area contributed by atoms with Crippen LogP contribution >= 0.6 is 0 Å². The molecule has 0 aliphatic carbocycles. The highest BCUT2D eigenvalue weighted by Gasteiger charge is 2.48. The number of amidine groups is 1. The number of ether oxygens (including phenoxy) is 2. The Morgan fingerprint density at radius 1 is 1.18 bits per heavy atom. The summed E-state index contributed by atoms with van der Waals surface area (Å²) in [6.45, 7) is 5.21. The van der Waals surface area contributed by atoms with E-state index < -0.39 is 23.2 Å². The third-order valence-corrected chi connectivity index (χ3v) is 5.35. The fourth-order valence-corrected chi connectivity index (χ4v) is 3.72. The summed E-state index contributed by atoms with van der Waals surface area (Å²) in [4.78, 5) is 43.4. The monoisotopic (exact) mass is 470 g/mol. The van der Waals surface area contributed by atoms with E-state index in [2.05, 4.69) is 5.32 Å². The van der Waals surface area contributed by atoms with Gasteiger partial charge in [-0.2, -0.15) is 5.06 Å². The van der Waals surface area contributed by atoms with Crippen molar-refractivity contribution in [3.05, 3.63) is 47.0 Å². The topological polar surface area (TPSA) is 164 Å². The number of hydrogen-bond acceptors (Lipinski definition) is 8. The number of nitrogens with zero attached hydrogens (tertiary/aromatic N) is 1. The van der Waals surface area contributed by atoms with Crippen LogP contribution in [0, 0.1) is 5.41 Å². The Labute approximate surface area is 195 Å². The molecular formula is C23H26N4O7. The van der Waals surface area contributed by atoms with Crippen LogP contribution < -0.4 is 25.6 Å². The lowest BCUT2D eigenvalue weighted by atomic mass is 9.87. The highest BCUT2D eigenvalue weighted by molar-refractivity contribution is 6.52. The number of Topliss-reactive ketones (excluding diaryl/α,β-unsaturated/α-hetero) is 1. The zero-order valence-electron chi connectivity index (χ0n) is 19.2. The minimum atomic E-state index is -1.85. The smallest absolute Gasteiger partial charge is 0.333 e. The van der Waals surface area contributed by atoms with Crippen molar-refractivity contribution in [2.24, 2.45) is 5.73 Å². The number of rotatable bonds is 10. The summed E-state index contributed by atoms with van der Waals surface area (Å²) >= 11 is 0. The molecule has 2 aromatic rings. The fourth-order valence-electron chi connectivity index (χ4n) is 3.72. The van der Waals surface area contributed by atoms with E-state index in [4.69, 9.17) is 25.5 Å². The van der Waals surface area contributed by atoms with Crippen LogP contribution in [0.2, 0.25) is 0 Å². The van der Waals surface area contributed by atoms with Crippen molar-refractivity contribution in [2.45, 2.75) is 26.3 Å². The molecular weight excluding hydrogens is 444 g/mol. The van der Waals surface area contributed by atoms with Crippen molar-refractivity contribution in [1.29, 1.82) is 5.41 Å². The zero-order valence-corrected chi connectivity index (χ0v) is 19.2. The molecule has 180 valence electrons. The highest BCUT2D eigenvalue weighted by Crippen LogP contribution is 2.49. The number of anilines is 2. The Morgan fingerprint density at radius 3 is 2.29 bits per heavy atom. The highest BCUT2D eigenvalue weighted by atomic mass is 16.7. The fraction of sp³-hybridized carbons (Fsp3) is 0.304. The number of fused-ring (bicyclic) bond motifs is 1. The third-order valence-electron chi connectivity index (χ3n) is 5.35. The summed E-state index contributed by atoms with van der Waals surface area (Å²) in [5.41, 5.74) is 4.39. The maximum atomic E-state index is 12.9. The van der Waals surface area contributed by atoms with Crippen LogP contribution in [0.25, 0.3) is 0 Å². The van der Waals surface area contributed by atoms with Crippen LogP contribution in [-0.2, 0) is 20.0 Å². The summed E-state index contributed by atoms with van der Waals surface area (Å²) in [7, 11) is 1.20. The van der Waals surface area contributed by atoms with Crippen molar-refractivity contribution in [1.82, 2.24) is 0 Å². The standard InChI is InChI=1S/C23H26N4O7/c1-5-33-15-11-14(17-16(19(15)34-6-2)18(28)21(29)27(17)32-4)23(3,22(30)31)26-13-9-7-12(8-10-13)20(24)25/h7-11,26H,5-6H2,1-4H3,(H3,24,25)(H,30,31). The molecule has 0 fully saturated rings. The maximum Gasteiger partial charge on any atom is 0.333 e. The van der Waals surface area contributed by atoms with Crippen molar-refractivity contribution >= 4 is 34.9 Å². The summed E-state index contributed by atoms with van der Waals surface area (Å²) in [6.07, 6.45) is 0. The minimum absolute atomic E-state index is 0.0397. The van der Waals surface area contributed by atoms with Crippen LogP contribution in [0.15, 0.2) is 30.3 Å². The first kappa shape index (κ1) is 24.5. The molecule has 1 amide bonds. The van der Waals surface area contributed by atoms with E-state index >= 15 is 0 Å². The lowest BCUT2D eigenvalue weighted by Crippen LogP contribution is -2.42. The first-order valence-electron chi connectivity index (χ1n) is 10.5. The lowest BCUT2D eigenvalue weighted by molar-refractivity contribution is -0.142. The number of carbonyl (C=O) groups is 3. The molecule has 1 heterocycles. The Morgan fingerprint density at radius 2 is 1.79 bits per heavy atom. The Hall–Kier alpha value is -4.12. The molecule has 1 aliphatic rings. The number of benzene rings is 2. The number of carboxylic acid groups (broad SMARTS) is 1. The summed E-state index contributed by atoms with van der Waals surface area (Å²) in [6, 6.07) is 7.70. The average Bonchev–Trinajstić information content (AvgIpc) is 3.05. The SMILES string of the molecule is CCOc1cc(C(C)(Nc2ccc(C(=N)N)cc2)C(=O)O)c2c(c1OCC)C(=O)C(=O)N2OC. The molecule has 1 atom stereocenters. The van der Waals surface area contributed by atoms with Crippen molar-refractivity contribution in [3.63, 3.8) is 0 Å². The quantitative estimate of drug-likeness (QED) is 0.232. The third kappa shape index (κ3) is 4.01. The second-order valence-electron chi connectivity index (χ2n) is 7.50. The van der Waals surface area contributed by atoms with Crippen molar-refractivity contribution in [2.75, 3.05) is 30.7 Å². The van der Waals surface area contributed by atoms with Gasteiger partial charge in [-0.15, -0.1) is 0 Å². The van der Waals surface area contributed by atoms with E-state index in [9.17, 15) is 19.5 Å². The molecule has 1 aliphatic heterocycles. The molecule has 0 bridgehead atoms. The largest absolute Gasteiger partial charge is 0.490 e. The van der Waals surface area contributed by atoms with Gasteiger partial charge in [0.2, 0.25) is 0 Å². The zero-order chi connectivity index (χ0) is 25.2. The number of hydrogen-bond donors (Lipinski definition) is 4. The van der Waals surface area contributed by atoms with Gasteiger partial charge in [0.05, 0.1) is 26.0 Å². The van der Waals surface area contributed by atoms with E-state index in [1.54, 1.807) is 38.1 Å². The number of amides is 1. The Bertz CT molecular complexity index is 1160. The van der Waals surface area contributed by atoms with Gasteiger partial charge in [0.15, 0.2) is 17.0 Å².